The zero-order valence-corrected chi connectivity index (χ0v) is 11.7. The predicted octanol–water partition coefficient (Wildman–Crippen LogP) is 4.39. The molecule has 1 heteroatoms. The topological polar surface area (TPSA) is 3.01 Å². The van der Waals surface area contributed by atoms with Crippen LogP contribution in [0.15, 0.2) is 29.8 Å². The SMILES string of the molecule is CC/C=C(/C=[N+](C)c1c(C)cccc1C)CC. The van der Waals surface area contributed by atoms with Crippen molar-refractivity contribution in [2.45, 2.75) is 40.5 Å². The van der Waals surface area contributed by atoms with Gasteiger partial charge in [0.25, 0.3) is 0 Å². The summed E-state index contributed by atoms with van der Waals surface area (Å²) in [5.74, 6) is 0. The monoisotopic (exact) mass is 230 g/mol. The highest BCUT2D eigenvalue weighted by atomic mass is 15.0. The van der Waals surface area contributed by atoms with Crippen molar-refractivity contribution in [2.75, 3.05) is 7.05 Å². The highest BCUT2D eigenvalue weighted by Gasteiger charge is 2.11. The average molecular weight is 230 g/mol. The summed E-state index contributed by atoms with van der Waals surface area (Å²) in [7, 11) is 2.13. The van der Waals surface area contributed by atoms with E-state index in [0.29, 0.717) is 0 Å². The third kappa shape index (κ3) is 3.55. The zero-order chi connectivity index (χ0) is 12.8. The minimum absolute atomic E-state index is 1.09. The molecule has 0 fully saturated rings. The van der Waals surface area contributed by atoms with Gasteiger partial charge in [0.15, 0.2) is 6.21 Å². The third-order valence-corrected chi connectivity index (χ3v) is 3.03. The van der Waals surface area contributed by atoms with E-state index in [2.05, 4.69) is 69.8 Å². The van der Waals surface area contributed by atoms with Crippen LogP contribution < -0.4 is 0 Å². The molecule has 92 valence electrons. The molecule has 0 saturated carbocycles. The Labute approximate surface area is 105 Å². The molecule has 1 aromatic rings. The van der Waals surface area contributed by atoms with E-state index < -0.39 is 0 Å². The number of hydrogen-bond donors (Lipinski definition) is 0. The molecule has 0 aliphatic rings. The minimum atomic E-state index is 1.09. The Hall–Kier alpha value is -1.37. The van der Waals surface area contributed by atoms with Crippen molar-refractivity contribution in [2.24, 2.45) is 0 Å². The number of allylic oxidation sites excluding steroid dienone is 2. The molecule has 0 aromatic heterocycles. The van der Waals surface area contributed by atoms with Crippen molar-refractivity contribution < 1.29 is 4.58 Å². The van der Waals surface area contributed by atoms with Crippen LogP contribution in [0.1, 0.15) is 37.8 Å². The fraction of sp³-hybridized carbons (Fsp3) is 0.438. The number of benzene rings is 1. The van der Waals surface area contributed by atoms with Gasteiger partial charge in [-0.1, -0.05) is 38.1 Å². The standard InChI is InChI=1S/C16H24N/c1-6-9-15(7-2)12-17(5)16-13(3)10-8-11-14(16)4/h8-12H,6-7H2,1-5H3/q+1/b15-9+,17-12?. The first kappa shape index (κ1) is 13.7. The number of aryl methyl sites for hydroxylation is 2. The summed E-state index contributed by atoms with van der Waals surface area (Å²) in [5.41, 5.74) is 5.38. The van der Waals surface area contributed by atoms with Gasteiger partial charge in [-0.15, -0.1) is 0 Å². The molecule has 0 aliphatic heterocycles. The van der Waals surface area contributed by atoms with E-state index >= 15 is 0 Å². The Morgan fingerprint density at radius 2 is 1.76 bits per heavy atom. The quantitative estimate of drug-likeness (QED) is 0.533. The molecule has 1 aromatic carbocycles. The minimum Gasteiger partial charge on any atom is -0.201 e. The molecular weight excluding hydrogens is 206 g/mol. The molecule has 0 saturated heterocycles. The van der Waals surface area contributed by atoms with Crippen LogP contribution in [0.4, 0.5) is 5.69 Å². The molecule has 0 radical (unpaired) electrons. The van der Waals surface area contributed by atoms with Crippen LogP contribution in [0.25, 0.3) is 0 Å². The Bertz CT molecular complexity index is 419. The van der Waals surface area contributed by atoms with E-state index in [0.717, 1.165) is 12.8 Å². The second-order valence-electron chi connectivity index (χ2n) is 4.52. The first-order valence-electron chi connectivity index (χ1n) is 6.43. The lowest BCUT2D eigenvalue weighted by molar-refractivity contribution is -0.400. The smallest absolute Gasteiger partial charge is 0.201 e. The summed E-state index contributed by atoms with van der Waals surface area (Å²) >= 11 is 0. The molecule has 0 heterocycles. The molecule has 17 heavy (non-hydrogen) atoms. The van der Waals surface area contributed by atoms with Crippen LogP contribution in [-0.4, -0.2) is 17.8 Å². The number of rotatable bonds is 4. The number of nitrogens with zero attached hydrogens (tertiary/aromatic N) is 1. The van der Waals surface area contributed by atoms with Crippen LogP contribution in [-0.2, 0) is 0 Å². The largest absolute Gasteiger partial charge is 0.210 e. The van der Waals surface area contributed by atoms with E-state index in [1.807, 2.05) is 0 Å². The molecule has 0 aliphatic carbocycles. The second-order valence-corrected chi connectivity index (χ2v) is 4.52. The van der Waals surface area contributed by atoms with Gasteiger partial charge in [-0.3, -0.25) is 0 Å². The zero-order valence-electron chi connectivity index (χ0n) is 11.7. The molecule has 0 bridgehead atoms. The van der Waals surface area contributed by atoms with Crippen LogP contribution in [0, 0.1) is 13.8 Å². The van der Waals surface area contributed by atoms with Gasteiger partial charge in [0, 0.05) is 16.7 Å². The molecule has 1 nitrogen and oxygen atoms in total. The molecule has 1 rings (SSSR count). The highest BCUT2D eigenvalue weighted by molar-refractivity contribution is 5.75. The van der Waals surface area contributed by atoms with Gasteiger partial charge in [-0.25, -0.2) is 4.58 Å². The summed E-state index contributed by atoms with van der Waals surface area (Å²) < 4.78 is 2.25. The van der Waals surface area contributed by atoms with Crippen molar-refractivity contribution in [1.82, 2.24) is 0 Å². The van der Waals surface area contributed by atoms with Gasteiger partial charge in [0.2, 0.25) is 5.69 Å². The van der Waals surface area contributed by atoms with Gasteiger partial charge in [-0.2, -0.15) is 0 Å². The predicted molar refractivity (Wildman–Crippen MR) is 76.5 cm³/mol. The van der Waals surface area contributed by atoms with Crippen molar-refractivity contribution in [1.29, 1.82) is 0 Å². The Morgan fingerprint density at radius 3 is 2.24 bits per heavy atom. The molecule has 0 unspecified atom stereocenters. The lowest BCUT2D eigenvalue weighted by atomic mass is 10.1. The Balaban J connectivity index is 3.15. The van der Waals surface area contributed by atoms with Crippen molar-refractivity contribution >= 4 is 11.9 Å². The summed E-state index contributed by atoms with van der Waals surface area (Å²) in [6, 6.07) is 6.45. The summed E-state index contributed by atoms with van der Waals surface area (Å²) in [6.45, 7) is 8.72. The van der Waals surface area contributed by atoms with Gasteiger partial charge in [-0.05, 0) is 26.7 Å². The van der Waals surface area contributed by atoms with Crippen LogP contribution in [0.3, 0.4) is 0 Å². The molecule has 0 atom stereocenters. The van der Waals surface area contributed by atoms with Crippen molar-refractivity contribution in [3.63, 3.8) is 0 Å². The molecular formula is C16H24N+. The fourth-order valence-electron chi connectivity index (χ4n) is 2.23. The van der Waals surface area contributed by atoms with E-state index in [1.165, 1.54) is 22.4 Å². The first-order valence-corrected chi connectivity index (χ1v) is 6.43. The van der Waals surface area contributed by atoms with Gasteiger partial charge in [0.1, 0.15) is 7.05 Å². The Morgan fingerprint density at radius 1 is 1.18 bits per heavy atom. The maximum atomic E-state index is 2.30. The van der Waals surface area contributed by atoms with Crippen molar-refractivity contribution in [3.8, 4) is 0 Å². The van der Waals surface area contributed by atoms with Crippen molar-refractivity contribution in [3.05, 3.63) is 41.0 Å². The van der Waals surface area contributed by atoms with E-state index in [9.17, 15) is 0 Å². The first-order chi connectivity index (χ1) is 8.10. The molecule has 0 amide bonds. The van der Waals surface area contributed by atoms with Crippen LogP contribution >= 0.6 is 0 Å². The highest BCUT2D eigenvalue weighted by Crippen LogP contribution is 2.21. The summed E-state index contributed by atoms with van der Waals surface area (Å²) in [4.78, 5) is 0. The van der Waals surface area contributed by atoms with Gasteiger partial charge >= 0.3 is 0 Å². The van der Waals surface area contributed by atoms with Crippen LogP contribution in [0.2, 0.25) is 0 Å². The second kappa shape index (κ2) is 6.39. The normalized spacial score (nSPS) is 13.0. The van der Waals surface area contributed by atoms with Crippen LogP contribution in [0.5, 0.6) is 0 Å². The molecule has 0 N–H and O–H groups in total. The fourth-order valence-corrected chi connectivity index (χ4v) is 2.23. The summed E-state index contributed by atoms with van der Waals surface area (Å²) in [5, 5.41) is 0. The lowest BCUT2D eigenvalue weighted by Gasteiger charge is -2.05. The van der Waals surface area contributed by atoms with E-state index in [4.69, 9.17) is 0 Å². The average Bonchev–Trinajstić information content (AvgIpc) is 2.28. The maximum Gasteiger partial charge on any atom is 0.210 e. The lowest BCUT2D eigenvalue weighted by Crippen LogP contribution is -2.05. The number of hydrogen-bond acceptors (Lipinski definition) is 0. The van der Waals surface area contributed by atoms with E-state index in [1.54, 1.807) is 0 Å². The summed E-state index contributed by atoms with van der Waals surface area (Å²) in [6.07, 6.45) is 6.73. The van der Waals surface area contributed by atoms with E-state index in [-0.39, 0.29) is 0 Å². The van der Waals surface area contributed by atoms with Gasteiger partial charge in [0.05, 0.1) is 0 Å². The van der Waals surface area contributed by atoms with Gasteiger partial charge < -0.3 is 0 Å². The third-order valence-electron chi connectivity index (χ3n) is 3.03. The maximum absolute atomic E-state index is 2.30. The number of para-hydroxylation sites is 1. The molecule has 0 spiro atoms. The Kier molecular flexibility index (Phi) is 5.14.